The summed E-state index contributed by atoms with van der Waals surface area (Å²) in [5, 5.41) is 2.18. The maximum atomic E-state index is 11.0. The van der Waals surface area contributed by atoms with Crippen LogP contribution in [0.5, 0.6) is 0 Å². The van der Waals surface area contributed by atoms with Gasteiger partial charge in [-0.3, -0.25) is 9.59 Å². The van der Waals surface area contributed by atoms with Gasteiger partial charge in [-0.15, -0.1) is 0 Å². The number of esters is 1. The van der Waals surface area contributed by atoms with Crippen molar-refractivity contribution in [2.24, 2.45) is 0 Å². The number of Topliss-reactive ketones (excluding diaryl/α,β-unsaturated/α-hetero) is 1. The van der Waals surface area contributed by atoms with Crippen LogP contribution in [0.4, 0.5) is 0 Å². The van der Waals surface area contributed by atoms with Gasteiger partial charge in [0.1, 0.15) is 6.61 Å². The van der Waals surface area contributed by atoms with Crippen molar-refractivity contribution in [1.82, 2.24) is 5.32 Å². The molecule has 0 spiro atoms. The van der Waals surface area contributed by atoms with Crippen molar-refractivity contribution in [1.29, 1.82) is 0 Å². The Bertz CT molecular complexity index is 238. The smallest absolute Gasteiger partial charge is 0.336 e. The number of hydrogen-bond acceptors (Lipinski definition) is 5. The van der Waals surface area contributed by atoms with Crippen LogP contribution < -0.4 is 5.32 Å². The number of methoxy groups -OCH3 is 2. The maximum Gasteiger partial charge on any atom is 0.336 e. The summed E-state index contributed by atoms with van der Waals surface area (Å²) in [4.78, 5) is 32.9. The summed E-state index contributed by atoms with van der Waals surface area (Å²) in [6.45, 7) is 0.982. The fraction of sp³-hybridized carbons (Fsp3) is 0.625. The minimum atomic E-state index is -1.25. The molecule has 0 saturated heterocycles. The Hall–Kier alpha value is -1.43. The summed E-state index contributed by atoms with van der Waals surface area (Å²) in [5.74, 6) is -1.82. The Morgan fingerprint density at radius 2 is 1.86 bits per heavy atom. The van der Waals surface area contributed by atoms with E-state index in [0.29, 0.717) is 0 Å². The van der Waals surface area contributed by atoms with E-state index in [9.17, 15) is 14.4 Å². The number of ketones is 1. The summed E-state index contributed by atoms with van der Waals surface area (Å²) in [7, 11) is 2.47. The highest BCUT2D eigenvalue weighted by atomic mass is 16.5. The van der Waals surface area contributed by atoms with Crippen LogP contribution >= 0.6 is 0 Å². The van der Waals surface area contributed by atoms with Crippen LogP contribution in [0.1, 0.15) is 6.92 Å². The van der Waals surface area contributed by atoms with E-state index in [0.717, 1.165) is 7.11 Å². The van der Waals surface area contributed by atoms with Crippen LogP contribution in [0.2, 0.25) is 0 Å². The van der Waals surface area contributed by atoms with Gasteiger partial charge in [0, 0.05) is 7.11 Å². The second kappa shape index (κ2) is 6.09. The van der Waals surface area contributed by atoms with E-state index < -0.39 is 23.7 Å². The molecule has 1 N–H and O–H groups in total. The first kappa shape index (κ1) is 12.6. The van der Waals surface area contributed by atoms with Crippen molar-refractivity contribution in [2.75, 3.05) is 20.8 Å². The average Bonchev–Trinajstić information content (AvgIpc) is 2.13. The molecule has 6 heteroatoms. The number of rotatable bonds is 5. The molecule has 14 heavy (non-hydrogen) atoms. The number of hydrogen-bond donors (Lipinski definition) is 1. The molecule has 0 rings (SSSR count). The molecule has 0 heterocycles. The number of ether oxygens (including phenoxy) is 2. The molecule has 0 bridgehead atoms. The van der Waals surface area contributed by atoms with E-state index in [-0.39, 0.29) is 6.61 Å². The highest BCUT2D eigenvalue weighted by Crippen LogP contribution is 1.90. The van der Waals surface area contributed by atoms with Crippen LogP contribution in [0, 0.1) is 0 Å². The molecule has 0 aliphatic carbocycles. The molecular weight excluding hydrogens is 190 g/mol. The summed E-state index contributed by atoms with van der Waals surface area (Å²) < 4.78 is 8.86. The van der Waals surface area contributed by atoms with E-state index >= 15 is 0 Å². The van der Waals surface area contributed by atoms with E-state index in [4.69, 9.17) is 0 Å². The third kappa shape index (κ3) is 3.99. The van der Waals surface area contributed by atoms with Crippen LogP contribution in [-0.4, -0.2) is 44.5 Å². The molecular formula is C8H13NO5. The minimum absolute atomic E-state index is 0.208. The Labute approximate surface area is 81.6 Å². The first-order chi connectivity index (χ1) is 6.52. The third-order valence-electron chi connectivity index (χ3n) is 1.42. The van der Waals surface area contributed by atoms with Gasteiger partial charge in [-0.05, 0) is 6.92 Å². The van der Waals surface area contributed by atoms with Gasteiger partial charge in [0.05, 0.1) is 7.11 Å². The van der Waals surface area contributed by atoms with Crippen molar-refractivity contribution in [3.63, 3.8) is 0 Å². The highest BCUT2D eigenvalue weighted by molar-refractivity contribution is 6.04. The van der Waals surface area contributed by atoms with Crippen LogP contribution in [0.25, 0.3) is 0 Å². The predicted molar refractivity (Wildman–Crippen MR) is 46.5 cm³/mol. The van der Waals surface area contributed by atoms with Crippen LogP contribution in [0.3, 0.4) is 0 Å². The van der Waals surface area contributed by atoms with Gasteiger partial charge in [0.25, 0.3) is 0 Å². The standard InChI is InChI=1S/C8H13NO5/c1-5(10)7(8(12)14-3)9-6(11)4-13-2/h7H,4H2,1-3H3,(H,9,11)/t7-/m0/s1. The quantitative estimate of drug-likeness (QED) is 0.452. The average molecular weight is 203 g/mol. The molecule has 0 aromatic rings. The lowest BCUT2D eigenvalue weighted by atomic mass is 10.2. The van der Waals surface area contributed by atoms with Crippen LogP contribution in [-0.2, 0) is 23.9 Å². The van der Waals surface area contributed by atoms with Crippen molar-refractivity contribution in [3.8, 4) is 0 Å². The summed E-state index contributed by atoms with van der Waals surface area (Å²) in [6, 6.07) is -1.25. The number of nitrogens with one attached hydrogen (secondary N) is 1. The zero-order valence-electron chi connectivity index (χ0n) is 8.33. The zero-order valence-corrected chi connectivity index (χ0v) is 8.33. The predicted octanol–water partition coefficient (Wildman–Crippen LogP) is -1.12. The molecule has 0 aromatic heterocycles. The largest absolute Gasteiger partial charge is 0.467 e. The summed E-state index contributed by atoms with van der Waals surface area (Å²) in [5.41, 5.74) is 0. The van der Waals surface area contributed by atoms with Gasteiger partial charge in [0.15, 0.2) is 11.8 Å². The van der Waals surface area contributed by atoms with Gasteiger partial charge in [-0.25, -0.2) is 4.79 Å². The maximum absolute atomic E-state index is 11.0. The van der Waals surface area contributed by atoms with Gasteiger partial charge in [0.2, 0.25) is 5.91 Å². The van der Waals surface area contributed by atoms with Gasteiger partial charge in [-0.2, -0.15) is 0 Å². The van der Waals surface area contributed by atoms with Crippen molar-refractivity contribution >= 4 is 17.7 Å². The molecule has 0 radical (unpaired) electrons. The molecule has 0 unspecified atom stereocenters. The first-order valence-corrected chi connectivity index (χ1v) is 3.89. The second-order valence-corrected chi connectivity index (χ2v) is 2.57. The molecule has 0 aromatic carbocycles. The summed E-state index contributed by atoms with van der Waals surface area (Å²) >= 11 is 0. The number of carbonyl (C=O) groups is 3. The van der Waals surface area contributed by atoms with Gasteiger partial charge in [-0.1, -0.05) is 0 Å². The molecule has 1 atom stereocenters. The summed E-state index contributed by atoms with van der Waals surface area (Å²) in [6.07, 6.45) is 0. The minimum Gasteiger partial charge on any atom is -0.467 e. The van der Waals surface area contributed by atoms with E-state index in [1.54, 1.807) is 0 Å². The normalized spacial score (nSPS) is 11.6. The fourth-order valence-corrected chi connectivity index (χ4v) is 0.778. The number of amides is 1. The van der Waals surface area contributed by atoms with E-state index in [1.807, 2.05) is 0 Å². The van der Waals surface area contributed by atoms with E-state index in [2.05, 4.69) is 14.8 Å². The highest BCUT2D eigenvalue weighted by Gasteiger charge is 2.25. The number of carbonyl (C=O) groups excluding carboxylic acids is 3. The lowest BCUT2D eigenvalue weighted by molar-refractivity contribution is -0.148. The second-order valence-electron chi connectivity index (χ2n) is 2.57. The molecule has 80 valence electrons. The van der Waals surface area contributed by atoms with Crippen molar-refractivity contribution < 1.29 is 23.9 Å². The molecule has 0 saturated carbocycles. The van der Waals surface area contributed by atoms with E-state index in [1.165, 1.54) is 14.0 Å². The Morgan fingerprint density at radius 3 is 2.21 bits per heavy atom. The Kier molecular flexibility index (Phi) is 5.47. The van der Waals surface area contributed by atoms with Crippen molar-refractivity contribution in [2.45, 2.75) is 13.0 Å². The van der Waals surface area contributed by atoms with Crippen molar-refractivity contribution in [3.05, 3.63) is 0 Å². The third-order valence-corrected chi connectivity index (χ3v) is 1.42. The molecule has 1 amide bonds. The first-order valence-electron chi connectivity index (χ1n) is 3.89. The molecule has 0 aliphatic rings. The zero-order chi connectivity index (χ0) is 11.1. The molecule has 6 nitrogen and oxygen atoms in total. The fourth-order valence-electron chi connectivity index (χ4n) is 0.778. The Morgan fingerprint density at radius 1 is 1.29 bits per heavy atom. The SMILES string of the molecule is COCC(=O)N[C@@H](C(C)=O)C(=O)OC. The van der Waals surface area contributed by atoms with Crippen LogP contribution in [0.15, 0.2) is 0 Å². The Balaban J connectivity index is 4.31. The van der Waals surface area contributed by atoms with Gasteiger partial charge >= 0.3 is 5.97 Å². The molecule has 0 fully saturated rings. The lowest BCUT2D eigenvalue weighted by Crippen LogP contribution is -2.47. The monoisotopic (exact) mass is 203 g/mol. The molecule has 0 aliphatic heterocycles. The topological polar surface area (TPSA) is 81.7 Å². The van der Waals surface area contributed by atoms with Gasteiger partial charge < -0.3 is 14.8 Å². The lowest BCUT2D eigenvalue weighted by Gasteiger charge is -2.12.